The zero-order valence-corrected chi connectivity index (χ0v) is 32.1. The van der Waals surface area contributed by atoms with E-state index in [1.165, 1.54) is 109 Å². The van der Waals surface area contributed by atoms with Crippen LogP contribution in [0.15, 0.2) is 161 Å². The van der Waals surface area contributed by atoms with Crippen molar-refractivity contribution in [2.45, 2.75) is 19.3 Å². The molecule has 0 saturated heterocycles. The third-order valence-corrected chi connectivity index (χ3v) is 8.44. The predicted molar refractivity (Wildman–Crippen MR) is 212 cm³/mol. The van der Waals surface area contributed by atoms with E-state index in [1.807, 2.05) is 17.8 Å². The van der Waals surface area contributed by atoms with Crippen molar-refractivity contribution in [3.05, 3.63) is 161 Å². The fourth-order valence-corrected chi connectivity index (χ4v) is 5.57. The molecule has 18 nitrogen and oxygen atoms in total. The van der Waals surface area contributed by atoms with Crippen molar-refractivity contribution in [3.8, 4) is 71.3 Å². The van der Waals surface area contributed by atoms with E-state index in [4.69, 9.17) is 58.4 Å². The molecule has 0 amide bonds. The van der Waals surface area contributed by atoms with E-state index in [0.717, 1.165) is 0 Å². The molecular weight excluding hydrogens is 817 g/mol. The molecule has 63 heavy (non-hydrogen) atoms. The zero-order valence-electron chi connectivity index (χ0n) is 32.1. The standard InChI is InChI=1S/C45H24N6O12/c46-25-55-31-4-10-34(11-5-31)58-40-19-28(22-52)1-16-37(40)61-43-49-44(62-38-17-2-29(23-53)20-41(38)59-35-12-6-32(7-13-35)56-26-47)51-45(50-43)63-39-18-3-30(24-54)21-42(39)60-36-14-8-33(9-15-36)57-27-48/h1-18H,19-21H2. The molecule has 3 aromatic carbocycles. The first-order valence-electron chi connectivity index (χ1n) is 18.1. The summed E-state index contributed by atoms with van der Waals surface area (Å²) in [5, 5.41) is 26.6. The highest BCUT2D eigenvalue weighted by Crippen LogP contribution is 2.33. The van der Waals surface area contributed by atoms with E-state index in [9.17, 15) is 14.4 Å². The minimum atomic E-state index is -0.388. The predicted octanol–water partition coefficient (Wildman–Crippen LogP) is 6.61. The smallest absolute Gasteiger partial charge is 0.331 e. The van der Waals surface area contributed by atoms with Crippen LogP contribution >= 0.6 is 0 Å². The number of carbonyl (C=O) groups excluding carboxylic acids is 3. The van der Waals surface area contributed by atoms with Crippen LogP contribution in [0.2, 0.25) is 0 Å². The maximum absolute atomic E-state index is 11.7. The number of nitrogens with zero attached hydrogens (tertiary/aromatic N) is 6. The first-order chi connectivity index (χ1) is 30.8. The topological polar surface area (TPSA) is 244 Å². The van der Waals surface area contributed by atoms with Crippen LogP contribution < -0.4 is 42.6 Å². The molecule has 0 bridgehead atoms. The van der Waals surface area contributed by atoms with Gasteiger partial charge < -0.3 is 42.6 Å². The Balaban J connectivity index is 1.27. The number of allylic oxidation sites excluding steroid dienone is 9. The van der Waals surface area contributed by atoms with Crippen LogP contribution in [0.3, 0.4) is 0 Å². The van der Waals surface area contributed by atoms with Gasteiger partial charge in [-0.05, 0) is 109 Å². The number of benzene rings is 3. The highest BCUT2D eigenvalue weighted by Gasteiger charge is 2.24. The number of ether oxygens (including phenoxy) is 9. The third-order valence-electron chi connectivity index (χ3n) is 8.44. The quantitative estimate of drug-likeness (QED) is 0.0902. The number of hydrogen-bond donors (Lipinski definition) is 0. The molecule has 3 aliphatic rings. The second kappa shape index (κ2) is 19.7. The van der Waals surface area contributed by atoms with Gasteiger partial charge in [0.1, 0.15) is 52.3 Å². The van der Waals surface area contributed by atoms with E-state index >= 15 is 0 Å². The molecular formula is C45H24N6O12. The van der Waals surface area contributed by atoms with Crippen molar-refractivity contribution >= 4 is 17.8 Å². The second-order valence-corrected chi connectivity index (χ2v) is 12.6. The maximum atomic E-state index is 11.7. The molecule has 4 aromatic rings. The van der Waals surface area contributed by atoms with Crippen molar-refractivity contribution in [3.63, 3.8) is 0 Å². The van der Waals surface area contributed by atoms with E-state index < -0.39 is 0 Å². The number of hydrogen-bond acceptors (Lipinski definition) is 18. The van der Waals surface area contributed by atoms with E-state index in [0.29, 0.717) is 17.2 Å². The van der Waals surface area contributed by atoms with Gasteiger partial charge in [0.05, 0.1) is 0 Å². The van der Waals surface area contributed by atoms with Gasteiger partial charge in [-0.2, -0.15) is 0 Å². The van der Waals surface area contributed by atoms with Gasteiger partial charge >= 0.3 is 18.0 Å². The van der Waals surface area contributed by atoms with Crippen LogP contribution in [0.5, 0.6) is 52.5 Å². The van der Waals surface area contributed by atoms with Crippen LogP contribution in [-0.4, -0.2) is 32.8 Å². The first kappa shape index (κ1) is 41.3. The molecule has 306 valence electrons. The van der Waals surface area contributed by atoms with Gasteiger partial charge in [-0.3, -0.25) is 0 Å². The van der Waals surface area contributed by atoms with Crippen molar-refractivity contribution in [1.29, 1.82) is 15.8 Å². The largest absolute Gasteiger partial charge is 0.457 e. The zero-order chi connectivity index (χ0) is 44.0. The monoisotopic (exact) mass is 840 g/mol. The summed E-state index contributed by atoms with van der Waals surface area (Å²) in [6, 6.07) is 17.1. The van der Waals surface area contributed by atoms with Crippen molar-refractivity contribution < 1.29 is 57.0 Å². The Hall–Kier alpha value is -9.87. The fourth-order valence-electron chi connectivity index (χ4n) is 5.57. The summed E-state index contributed by atoms with van der Waals surface area (Å²) in [4.78, 5) is 48.2. The van der Waals surface area contributed by atoms with E-state index in [-0.39, 0.29) is 106 Å². The van der Waals surface area contributed by atoms with Crippen molar-refractivity contribution in [2.24, 2.45) is 0 Å². The SMILES string of the molecule is N#COc1ccc(OC2=C(Oc3nc(OC4=C(Oc5ccc(OC#N)cc5)CC(=C=O)C=C4)nc(OC4=C(Oc5ccc(OC#N)cc5)CC(=C=O)C=C4)n3)C=CC(=C=O)C2)cc1. The molecule has 0 atom stereocenters. The lowest BCUT2D eigenvalue weighted by Gasteiger charge is -2.19. The highest BCUT2D eigenvalue weighted by molar-refractivity contribution is 5.62. The Morgan fingerprint density at radius 1 is 0.365 bits per heavy atom. The van der Waals surface area contributed by atoms with Gasteiger partial charge in [0.15, 0.2) is 34.6 Å². The molecule has 0 saturated carbocycles. The van der Waals surface area contributed by atoms with Gasteiger partial charge in [-0.1, -0.05) is 0 Å². The number of rotatable bonds is 15. The summed E-state index contributed by atoms with van der Waals surface area (Å²) in [7, 11) is 0. The summed E-state index contributed by atoms with van der Waals surface area (Å²) in [5.41, 5.74) is 0.721. The van der Waals surface area contributed by atoms with Gasteiger partial charge in [-0.15, -0.1) is 30.7 Å². The average Bonchev–Trinajstić information content (AvgIpc) is 3.30. The average molecular weight is 841 g/mol. The lowest BCUT2D eigenvalue weighted by atomic mass is 10.1. The van der Waals surface area contributed by atoms with Crippen LogP contribution in [0, 0.1) is 34.6 Å². The van der Waals surface area contributed by atoms with Gasteiger partial charge in [-0.25, -0.2) is 14.4 Å². The molecule has 7 rings (SSSR count). The fraction of sp³-hybridized carbons (Fsp3) is 0.0667. The molecule has 0 fully saturated rings. The normalized spacial score (nSPS) is 14.0. The Labute approximate surface area is 355 Å². The Bertz CT molecular complexity index is 2600. The number of nitriles is 3. The number of aromatic nitrogens is 3. The summed E-state index contributed by atoms with van der Waals surface area (Å²) >= 11 is 0. The summed E-state index contributed by atoms with van der Waals surface area (Å²) < 4.78 is 51.2. The van der Waals surface area contributed by atoms with Crippen LogP contribution in [-0.2, 0) is 14.4 Å². The summed E-state index contributed by atoms with van der Waals surface area (Å²) in [6.07, 6.45) is 13.3. The Morgan fingerprint density at radius 3 is 0.857 bits per heavy atom. The summed E-state index contributed by atoms with van der Waals surface area (Å²) in [6.45, 7) is 0. The minimum Gasteiger partial charge on any atom is -0.457 e. The molecule has 0 spiro atoms. The first-order valence-corrected chi connectivity index (χ1v) is 18.1. The molecule has 0 aliphatic heterocycles. The van der Waals surface area contributed by atoms with Crippen LogP contribution in [0.25, 0.3) is 0 Å². The van der Waals surface area contributed by atoms with Crippen molar-refractivity contribution in [2.75, 3.05) is 0 Å². The third kappa shape index (κ3) is 10.8. The Kier molecular flexibility index (Phi) is 12.9. The molecule has 1 heterocycles. The van der Waals surface area contributed by atoms with E-state index in [2.05, 4.69) is 15.0 Å². The minimum absolute atomic E-state index is 0.0489. The Morgan fingerprint density at radius 2 is 0.619 bits per heavy atom. The van der Waals surface area contributed by atoms with Gasteiger partial charge in [0.25, 0.3) is 18.8 Å². The van der Waals surface area contributed by atoms with Crippen molar-refractivity contribution in [1.82, 2.24) is 15.0 Å². The lowest BCUT2D eigenvalue weighted by molar-refractivity contribution is 0.292. The van der Waals surface area contributed by atoms with Gasteiger partial charge in [0, 0.05) is 36.0 Å². The van der Waals surface area contributed by atoms with Crippen LogP contribution in [0.1, 0.15) is 19.3 Å². The molecule has 0 N–H and O–H groups in total. The second-order valence-electron chi connectivity index (χ2n) is 12.6. The molecule has 1 aromatic heterocycles. The highest BCUT2D eigenvalue weighted by atomic mass is 16.6. The van der Waals surface area contributed by atoms with Crippen LogP contribution in [0.4, 0.5) is 0 Å². The summed E-state index contributed by atoms with van der Waals surface area (Å²) in [5.74, 6) is 7.91. The molecule has 0 radical (unpaired) electrons. The molecule has 3 aliphatic carbocycles. The van der Waals surface area contributed by atoms with E-state index in [1.54, 1.807) is 18.8 Å². The van der Waals surface area contributed by atoms with Gasteiger partial charge in [0.2, 0.25) is 0 Å². The maximum Gasteiger partial charge on any atom is 0.331 e. The lowest BCUT2D eigenvalue weighted by Crippen LogP contribution is -2.14. The molecule has 0 unspecified atom stereocenters. The molecule has 18 heteroatoms.